The fourth-order valence-electron chi connectivity index (χ4n) is 2.09. The van der Waals surface area contributed by atoms with Crippen molar-refractivity contribution >= 4 is 17.0 Å². The maximum absolute atomic E-state index is 6.10. The third-order valence-electron chi connectivity index (χ3n) is 3.54. The molecule has 0 aliphatic rings. The Hall–Kier alpha value is -1.55. The van der Waals surface area contributed by atoms with Gasteiger partial charge in [-0.1, -0.05) is 33.8 Å². The lowest BCUT2D eigenvalue weighted by atomic mass is 10.1. The number of nitrogens with two attached hydrogens (primary N) is 1. The lowest BCUT2D eigenvalue weighted by molar-refractivity contribution is 0.291. The Morgan fingerprint density at radius 1 is 1.23 bits per heavy atom. The Labute approximate surface area is 137 Å². The van der Waals surface area contributed by atoms with Gasteiger partial charge >= 0.3 is 0 Å². The molecule has 1 aromatic heterocycles. The zero-order valence-corrected chi connectivity index (χ0v) is 14.7. The monoisotopic (exact) mass is 318 g/mol. The second kappa shape index (κ2) is 7.63. The van der Waals surface area contributed by atoms with E-state index in [1.807, 2.05) is 12.1 Å². The third kappa shape index (κ3) is 4.73. The van der Waals surface area contributed by atoms with E-state index in [-0.39, 0.29) is 0 Å². The van der Waals surface area contributed by atoms with Crippen LogP contribution in [0.25, 0.3) is 0 Å². The molecule has 1 aromatic carbocycles. The van der Waals surface area contributed by atoms with E-state index in [4.69, 9.17) is 10.5 Å². The van der Waals surface area contributed by atoms with Crippen molar-refractivity contribution in [2.45, 2.75) is 46.5 Å². The lowest BCUT2D eigenvalue weighted by Crippen LogP contribution is -2.03. The largest absolute Gasteiger partial charge is 0.491 e. The minimum Gasteiger partial charge on any atom is -0.491 e. The number of nitrogens with zero attached hydrogens (tertiary/aromatic N) is 1. The summed E-state index contributed by atoms with van der Waals surface area (Å²) in [6.45, 7) is 9.43. The van der Waals surface area contributed by atoms with Crippen LogP contribution >= 0.6 is 11.3 Å². The summed E-state index contributed by atoms with van der Waals surface area (Å²) in [5, 5.41) is 3.28. The highest BCUT2D eigenvalue weighted by Crippen LogP contribution is 2.26. The molecule has 0 saturated carbocycles. The normalized spacial score (nSPS) is 11.4. The summed E-state index contributed by atoms with van der Waals surface area (Å²) in [6, 6.07) is 6.06. The summed E-state index contributed by atoms with van der Waals surface area (Å²) in [4.78, 5) is 4.67. The molecule has 0 spiro atoms. The standard InChI is InChI=1S/C18H26N2OS/c1-12(2)7-8-21-17-6-5-14(9-15(17)19)10-18-20-16(11-22-18)13(3)4/h5-6,9,11-13H,7-8,10,19H2,1-4H3. The first-order valence-corrected chi connectivity index (χ1v) is 8.79. The molecule has 0 aliphatic carbocycles. The van der Waals surface area contributed by atoms with Gasteiger partial charge in [-0.15, -0.1) is 11.3 Å². The minimum atomic E-state index is 0.479. The molecule has 0 amide bonds. The first kappa shape index (κ1) is 16.8. The Balaban J connectivity index is 1.99. The summed E-state index contributed by atoms with van der Waals surface area (Å²) >= 11 is 1.72. The van der Waals surface area contributed by atoms with Gasteiger partial charge in [0, 0.05) is 11.8 Å². The molecule has 2 N–H and O–H groups in total. The number of rotatable bonds is 7. The van der Waals surface area contributed by atoms with Crippen molar-refractivity contribution in [3.8, 4) is 5.75 Å². The number of nitrogen functional groups attached to an aromatic ring is 1. The van der Waals surface area contributed by atoms with Crippen LogP contribution in [0.2, 0.25) is 0 Å². The van der Waals surface area contributed by atoms with Crippen molar-refractivity contribution in [2.24, 2.45) is 5.92 Å². The Morgan fingerprint density at radius 3 is 2.59 bits per heavy atom. The highest BCUT2D eigenvalue weighted by Gasteiger charge is 2.08. The van der Waals surface area contributed by atoms with E-state index in [0.717, 1.165) is 23.6 Å². The lowest BCUT2D eigenvalue weighted by Gasteiger charge is -2.11. The molecule has 120 valence electrons. The molecular weight excluding hydrogens is 292 g/mol. The molecule has 2 aromatic rings. The van der Waals surface area contributed by atoms with Crippen LogP contribution in [-0.4, -0.2) is 11.6 Å². The van der Waals surface area contributed by atoms with Crippen LogP contribution in [0.1, 0.15) is 56.3 Å². The summed E-state index contributed by atoms with van der Waals surface area (Å²) in [6.07, 6.45) is 1.87. The van der Waals surface area contributed by atoms with Gasteiger partial charge in [0.25, 0.3) is 0 Å². The van der Waals surface area contributed by atoms with Gasteiger partial charge in [-0.3, -0.25) is 0 Å². The van der Waals surface area contributed by atoms with Gasteiger partial charge in [-0.2, -0.15) is 0 Å². The maximum atomic E-state index is 6.10. The van der Waals surface area contributed by atoms with Crippen molar-refractivity contribution in [2.75, 3.05) is 12.3 Å². The predicted octanol–water partition coefficient (Wildman–Crippen LogP) is 4.86. The molecule has 0 bridgehead atoms. The zero-order valence-electron chi connectivity index (χ0n) is 13.9. The summed E-state index contributed by atoms with van der Waals surface area (Å²) in [5.41, 5.74) is 9.16. The molecule has 1 heterocycles. The van der Waals surface area contributed by atoms with E-state index < -0.39 is 0 Å². The molecule has 2 rings (SSSR count). The van der Waals surface area contributed by atoms with Crippen molar-refractivity contribution < 1.29 is 4.74 Å². The predicted molar refractivity (Wildman–Crippen MR) is 94.8 cm³/mol. The molecular formula is C18H26N2OS. The van der Waals surface area contributed by atoms with Gasteiger partial charge in [0.05, 0.1) is 23.0 Å². The topological polar surface area (TPSA) is 48.1 Å². The molecule has 22 heavy (non-hydrogen) atoms. The summed E-state index contributed by atoms with van der Waals surface area (Å²) < 4.78 is 5.75. The van der Waals surface area contributed by atoms with E-state index >= 15 is 0 Å². The van der Waals surface area contributed by atoms with Crippen LogP contribution in [0.3, 0.4) is 0 Å². The van der Waals surface area contributed by atoms with Crippen LogP contribution < -0.4 is 10.5 Å². The van der Waals surface area contributed by atoms with Crippen LogP contribution in [0.15, 0.2) is 23.6 Å². The first-order valence-electron chi connectivity index (χ1n) is 7.91. The zero-order chi connectivity index (χ0) is 16.1. The average molecular weight is 318 g/mol. The molecule has 0 radical (unpaired) electrons. The second-order valence-corrected chi connectivity index (χ2v) is 7.34. The quantitative estimate of drug-likeness (QED) is 0.741. The fraction of sp³-hybridized carbons (Fsp3) is 0.500. The SMILES string of the molecule is CC(C)CCOc1ccc(Cc2nc(C(C)C)cs2)cc1N. The van der Waals surface area contributed by atoms with Crippen LogP contribution in [0, 0.1) is 5.92 Å². The second-order valence-electron chi connectivity index (χ2n) is 6.40. The van der Waals surface area contributed by atoms with Gasteiger partial charge < -0.3 is 10.5 Å². The summed E-state index contributed by atoms with van der Waals surface area (Å²) in [5.74, 6) is 1.90. The summed E-state index contributed by atoms with van der Waals surface area (Å²) in [7, 11) is 0. The van der Waals surface area contributed by atoms with Crippen molar-refractivity contribution in [3.63, 3.8) is 0 Å². The Kier molecular flexibility index (Phi) is 5.83. The Morgan fingerprint density at radius 2 is 2.00 bits per heavy atom. The number of anilines is 1. The third-order valence-corrected chi connectivity index (χ3v) is 4.41. The highest BCUT2D eigenvalue weighted by molar-refractivity contribution is 7.09. The molecule has 0 fully saturated rings. The van der Waals surface area contributed by atoms with Gasteiger partial charge in [0.15, 0.2) is 0 Å². The first-order chi connectivity index (χ1) is 10.5. The molecule has 4 heteroatoms. The van der Waals surface area contributed by atoms with Crippen LogP contribution in [0.5, 0.6) is 5.75 Å². The van der Waals surface area contributed by atoms with Crippen LogP contribution in [0.4, 0.5) is 5.69 Å². The van der Waals surface area contributed by atoms with Gasteiger partial charge in [0.2, 0.25) is 0 Å². The van der Waals surface area contributed by atoms with Gasteiger partial charge in [-0.25, -0.2) is 4.98 Å². The maximum Gasteiger partial charge on any atom is 0.142 e. The number of benzene rings is 1. The van der Waals surface area contributed by atoms with E-state index in [0.29, 0.717) is 24.1 Å². The fourth-order valence-corrected chi connectivity index (χ4v) is 3.08. The van der Waals surface area contributed by atoms with Crippen molar-refractivity contribution in [1.29, 1.82) is 0 Å². The molecule has 0 atom stereocenters. The Bertz CT molecular complexity index is 605. The van der Waals surface area contributed by atoms with Crippen LogP contribution in [-0.2, 0) is 6.42 Å². The number of aromatic nitrogens is 1. The molecule has 0 unspecified atom stereocenters. The van der Waals surface area contributed by atoms with Gasteiger partial charge in [0.1, 0.15) is 5.75 Å². The number of hydrogen-bond donors (Lipinski definition) is 1. The van der Waals surface area contributed by atoms with E-state index in [2.05, 4.69) is 44.1 Å². The van der Waals surface area contributed by atoms with Crippen molar-refractivity contribution in [1.82, 2.24) is 4.98 Å². The van der Waals surface area contributed by atoms with E-state index in [1.165, 1.54) is 11.3 Å². The van der Waals surface area contributed by atoms with Crippen molar-refractivity contribution in [3.05, 3.63) is 39.8 Å². The van der Waals surface area contributed by atoms with Gasteiger partial charge in [-0.05, 0) is 36.0 Å². The number of ether oxygens (including phenoxy) is 1. The highest BCUT2D eigenvalue weighted by atomic mass is 32.1. The number of thiazole rings is 1. The molecule has 0 saturated heterocycles. The molecule has 3 nitrogen and oxygen atoms in total. The molecule has 0 aliphatic heterocycles. The smallest absolute Gasteiger partial charge is 0.142 e. The van der Waals surface area contributed by atoms with E-state index in [9.17, 15) is 0 Å². The minimum absolute atomic E-state index is 0.479. The van der Waals surface area contributed by atoms with E-state index in [1.54, 1.807) is 11.3 Å². The average Bonchev–Trinajstić information content (AvgIpc) is 2.89. The number of hydrogen-bond acceptors (Lipinski definition) is 4.